The summed E-state index contributed by atoms with van der Waals surface area (Å²) in [6.45, 7) is 5.36. The zero-order chi connectivity index (χ0) is 24.3. The predicted molar refractivity (Wildman–Crippen MR) is 76.3 cm³/mol. The minimum Gasteiger partial charge on any atom is -0.458 e. The van der Waals surface area contributed by atoms with E-state index < -0.39 is 60.9 Å². The second kappa shape index (κ2) is 8.79. The van der Waals surface area contributed by atoms with E-state index in [0.717, 1.165) is 6.92 Å². The minimum atomic E-state index is -7.65. The Labute approximate surface area is 161 Å². The molecule has 0 radical (unpaired) electrons. The maximum atomic E-state index is 13.9. The molecule has 0 saturated heterocycles. The number of alkyl halides is 11. The highest BCUT2D eigenvalue weighted by Crippen LogP contribution is 2.59. The highest BCUT2D eigenvalue weighted by atomic mass is 19.4. The van der Waals surface area contributed by atoms with E-state index in [9.17, 15) is 57.9 Å². The fraction of sp³-hybridized carbons (Fsp3) is 0.600. The Kier molecular flexibility index (Phi) is 8.11. The number of ether oxygens (including phenoxy) is 2. The molecule has 15 heteroatoms. The third-order valence-corrected chi connectivity index (χ3v) is 3.36. The van der Waals surface area contributed by atoms with Gasteiger partial charge in [-0.25, -0.2) is 14.0 Å². The van der Waals surface area contributed by atoms with Crippen molar-refractivity contribution in [2.75, 3.05) is 6.61 Å². The van der Waals surface area contributed by atoms with Crippen molar-refractivity contribution in [3.63, 3.8) is 0 Å². The van der Waals surface area contributed by atoms with Crippen LogP contribution in [-0.4, -0.2) is 54.5 Å². The van der Waals surface area contributed by atoms with Crippen LogP contribution in [0, 0.1) is 0 Å². The Morgan fingerprint density at radius 2 is 1.37 bits per heavy atom. The summed E-state index contributed by atoms with van der Waals surface area (Å²) in [5, 5.41) is 0. The van der Waals surface area contributed by atoms with Crippen LogP contribution < -0.4 is 0 Å². The average molecular weight is 466 g/mol. The summed E-state index contributed by atoms with van der Waals surface area (Å²) < 4.78 is 152. The summed E-state index contributed by atoms with van der Waals surface area (Å²) in [6.07, 6.45) is -20.2. The van der Waals surface area contributed by atoms with Crippen LogP contribution in [0.2, 0.25) is 0 Å². The molecule has 0 aliphatic rings. The molecule has 0 heterocycles. The zero-order valence-corrected chi connectivity index (χ0v) is 14.8. The molecule has 0 saturated carbocycles. The van der Waals surface area contributed by atoms with Gasteiger partial charge in [0.15, 0.2) is 0 Å². The molecule has 0 spiro atoms. The summed E-state index contributed by atoms with van der Waals surface area (Å²) in [5.74, 6) is -16.8. The van der Waals surface area contributed by atoms with Crippen LogP contribution in [0.1, 0.15) is 13.3 Å². The van der Waals surface area contributed by atoms with Crippen LogP contribution in [0.15, 0.2) is 24.8 Å². The van der Waals surface area contributed by atoms with E-state index in [1.165, 1.54) is 0 Å². The number of esters is 2. The second-order valence-electron chi connectivity index (χ2n) is 5.78. The maximum absolute atomic E-state index is 13.9. The van der Waals surface area contributed by atoms with Crippen LogP contribution >= 0.6 is 0 Å². The van der Waals surface area contributed by atoms with Crippen molar-refractivity contribution in [1.29, 1.82) is 0 Å². The summed E-state index contributed by atoms with van der Waals surface area (Å²) in [5.41, 5.74) is -8.03. The first-order valence-corrected chi connectivity index (χ1v) is 7.39. The van der Waals surface area contributed by atoms with E-state index in [0.29, 0.717) is 0 Å². The van der Waals surface area contributed by atoms with Gasteiger partial charge >= 0.3 is 41.8 Å². The van der Waals surface area contributed by atoms with E-state index in [1.54, 1.807) is 0 Å². The number of hydrogen-bond donors (Lipinski definition) is 0. The summed E-state index contributed by atoms with van der Waals surface area (Å²) in [7, 11) is 0. The first-order chi connectivity index (χ1) is 13.2. The van der Waals surface area contributed by atoms with E-state index in [4.69, 9.17) is 0 Å². The van der Waals surface area contributed by atoms with Crippen molar-refractivity contribution in [1.82, 2.24) is 0 Å². The highest BCUT2D eigenvalue weighted by molar-refractivity contribution is 5.87. The SMILES string of the molecule is C=CC(=O)OC(COC(=O)C(=C)C)CC(F)(F)C(F)(F)C(F)(C(F)(F)F)C(F)(F)F. The topological polar surface area (TPSA) is 52.6 Å². The van der Waals surface area contributed by atoms with Gasteiger partial charge in [0.2, 0.25) is 0 Å². The smallest absolute Gasteiger partial charge is 0.438 e. The van der Waals surface area contributed by atoms with Crippen LogP contribution in [0.5, 0.6) is 0 Å². The van der Waals surface area contributed by atoms with E-state index >= 15 is 0 Å². The quantitative estimate of drug-likeness (QED) is 0.281. The first-order valence-electron chi connectivity index (χ1n) is 7.39. The lowest BCUT2D eigenvalue weighted by Gasteiger charge is -2.40. The first kappa shape index (κ1) is 27.6. The fourth-order valence-electron chi connectivity index (χ4n) is 1.82. The van der Waals surface area contributed by atoms with Crippen molar-refractivity contribution in [3.05, 3.63) is 24.8 Å². The molecule has 0 aromatic heterocycles. The number of hydrogen-bond acceptors (Lipinski definition) is 4. The van der Waals surface area contributed by atoms with Gasteiger partial charge < -0.3 is 9.47 Å². The molecule has 1 atom stereocenters. The molecule has 1 unspecified atom stereocenters. The monoisotopic (exact) mass is 466 g/mol. The highest BCUT2D eigenvalue weighted by Gasteiger charge is 2.89. The molecule has 0 amide bonds. The molecule has 174 valence electrons. The molecule has 0 fully saturated rings. The lowest BCUT2D eigenvalue weighted by atomic mass is 9.88. The van der Waals surface area contributed by atoms with Crippen LogP contribution in [-0.2, 0) is 19.1 Å². The molecule has 0 aliphatic heterocycles. The zero-order valence-electron chi connectivity index (χ0n) is 14.8. The van der Waals surface area contributed by atoms with Crippen molar-refractivity contribution in [3.8, 4) is 0 Å². The normalized spacial score (nSPS) is 14.7. The molecule has 0 aliphatic carbocycles. The predicted octanol–water partition coefficient (Wildman–Crippen LogP) is 4.70. The maximum Gasteiger partial charge on any atom is 0.438 e. The summed E-state index contributed by atoms with van der Waals surface area (Å²) in [4.78, 5) is 22.3. The molecule has 0 rings (SSSR count). The molecule has 30 heavy (non-hydrogen) atoms. The van der Waals surface area contributed by atoms with Crippen molar-refractivity contribution < 1.29 is 67.4 Å². The number of carbonyl (C=O) groups excluding carboxylic acids is 2. The molecule has 4 nitrogen and oxygen atoms in total. The Morgan fingerprint density at radius 3 is 1.70 bits per heavy atom. The molecular weight excluding hydrogens is 453 g/mol. The molecule has 0 bridgehead atoms. The number of halogens is 11. The number of carbonyl (C=O) groups is 2. The van der Waals surface area contributed by atoms with Crippen LogP contribution in [0.3, 0.4) is 0 Å². The van der Waals surface area contributed by atoms with Gasteiger partial charge in [-0.15, -0.1) is 0 Å². The third kappa shape index (κ3) is 5.41. The van der Waals surface area contributed by atoms with Crippen LogP contribution in [0.4, 0.5) is 48.3 Å². The Balaban J connectivity index is 6.10. The Morgan fingerprint density at radius 1 is 0.933 bits per heavy atom. The average Bonchev–Trinajstić information content (AvgIpc) is 2.55. The lowest BCUT2D eigenvalue weighted by Crippen LogP contribution is -2.70. The standard InChI is InChI=1S/C15H13F11O4/c1-4-9(27)30-8(6-29-10(28)7(2)3)5-11(16,17)13(19,20)12(18,14(21,22)23)15(24,25)26/h4,8H,1-2,5-6H2,3H3. The Hall–Kier alpha value is -2.35. The molecule has 0 aromatic carbocycles. The summed E-state index contributed by atoms with van der Waals surface area (Å²) in [6, 6.07) is 0. The lowest BCUT2D eigenvalue weighted by molar-refractivity contribution is -0.428. The van der Waals surface area contributed by atoms with Crippen molar-refractivity contribution >= 4 is 11.9 Å². The van der Waals surface area contributed by atoms with Crippen molar-refractivity contribution in [2.45, 2.75) is 49.3 Å². The van der Waals surface area contributed by atoms with Gasteiger partial charge in [0.1, 0.15) is 12.7 Å². The van der Waals surface area contributed by atoms with Gasteiger partial charge in [-0.3, -0.25) is 0 Å². The van der Waals surface area contributed by atoms with Gasteiger partial charge in [-0.2, -0.15) is 43.9 Å². The van der Waals surface area contributed by atoms with Crippen LogP contribution in [0.25, 0.3) is 0 Å². The molecule has 0 N–H and O–H groups in total. The fourth-order valence-corrected chi connectivity index (χ4v) is 1.82. The Bertz CT molecular complexity index is 665. The van der Waals surface area contributed by atoms with Gasteiger partial charge in [0.25, 0.3) is 0 Å². The van der Waals surface area contributed by atoms with Gasteiger partial charge in [0.05, 0.1) is 6.42 Å². The molecular formula is C15H13F11O4. The number of rotatable bonds is 9. The minimum absolute atomic E-state index is 0.273. The van der Waals surface area contributed by atoms with E-state index in [2.05, 4.69) is 22.6 Å². The van der Waals surface area contributed by atoms with E-state index in [1.807, 2.05) is 0 Å². The van der Waals surface area contributed by atoms with Crippen molar-refractivity contribution in [2.24, 2.45) is 0 Å². The summed E-state index contributed by atoms with van der Waals surface area (Å²) >= 11 is 0. The second-order valence-corrected chi connectivity index (χ2v) is 5.78. The van der Waals surface area contributed by atoms with Gasteiger partial charge in [0, 0.05) is 11.6 Å². The molecule has 0 aromatic rings. The van der Waals surface area contributed by atoms with Gasteiger partial charge in [-0.05, 0) is 6.92 Å². The van der Waals surface area contributed by atoms with Gasteiger partial charge in [-0.1, -0.05) is 13.2 Å². The largest absolute Gasteiger partial charge is 0.458 e. The van der Waals surface area contributed by atoms with E-state index in [-0.39, 0.29) is 11.6 Å². The third-order valence-electron chi connectivity index (χ3n) is 3.36.